The van der Waals surface area contributed by atoms with Gasteiger partial charge in [0.1, 0.15) is 33.4 Å². The highest BCUT2D eigenvalue weighted by Crippen LogP contribution is 2.45. The van der Waals surface area contributed by atoms with Crippen LogP contribution < -0.4 is 19.5 Å². The Kier molecular flexibility index (Phi) is 10.1. The predicted octanol–water partition coefficient (Wildman–Crippen LogP) is 6.08. The third kappa shape index (κ3) is 7.82. The molecule has 2 fully saturated rings. The minimum atomic E-state index is -4.20. The van der Waals surface area contributed by atoms with Crippen LogP contribution >= 0.6 is 27.3 Å². The summed E-state index contributed by atoms with van der Waals surface area (Å²) in [6.45, 7) is 9.74. The zero-order valence-electron chi connectivity index (χ0n) is 28.6. The lowest BCUT2D eigenvalue weighted by molar-refractivity contribution is -0.141. The molecular weight excluding hydrogens is 756 g/mol. The highest BCUT2D eigenvalue weighted by Gasteiger charge is 2.61. The van der Waals surface area contributed by atoms with Crippen molar-refractivity contribution in [2.24, 2.45) is 11.3 Å². The van der Waals surface area contributed by atoms with E-state index in [0.29, 0.717) is 26.5 Å². The number of halogens is 1. The minimum absolute atomic E-state index is 0.0489. The molecule has 2 aromatic carbocycles. The number of fused-ring (bicyclic) bond motifs is 1. The van der Waals surface area contributed by atoms with Crippen LogP contribution in [0.1, 0.15) is 40.0 Å². The molecule has 1 aliphatic heterocycles. The first-order valence-electron chi connectivity index (χ1n) is 16.4. The zero-order valence-corrected chi connectivity index (χ0v) is 31.9. The Bertz CT molecular complexity index is 2120. The second-order valence-electron chi connectivity index (χ2n) is 14.0. The summed E-state index contributed by atoms with van der Waals surface area (Å²) in [5.74, 6) is -1.01. The van der Waals surface area contributed by atoms with Crippen LogP contribution in [0.5, 0.6) is 11.5 Å². The molecule has 1 aliphatic carbocycles. The average molecular weight is 796 g/mol. The van der Waals surface area contributed by atoms with Crippen molar-refractivity contribution < 1.29 is 32.3 Å². The molecule has 0 spiro atoms. The number of rotatable bonds is 11. The van der Waals surface area contributed by atoms with E-state index in [0.717, 1.165) is 22.3 Å². The third-order valence-electron chi connectivity index (χ3n) is 9.00. The van der Waals surface area contributed by atoms with Gasteiger partial charge < -0.3 is 19.7 Å². The van der Waals surface area contributed by atoms with Crippen LogP contribution in [0, 0.1) is 11.3 Å². The second kappa shape index (κ2) is 14.0. The van der Waals surface area contributed by atoms with Crippen molar-refractivity contribution in [3.05, 3.63) is 83.2 Å². The summed E-state index contributed by atoms with van der Waals surface area (Å²) >= 11 is 4.20. The Morgan fingerprint density at radius 1 is 1.12 bits per heavy atom. The maximum atomic E-state index is 14.2. The number of sulfonamides is 1. The van der Waals surface area contributed by atoms with Crippen molar-refractivity contribution >= 4 is 65.9 Å². The topological polar surface area (TPSA) is 144 Å². The van der Waals surface area contributed by atoms with E-state index in [2.05, 4.69) is 32.5 Å². The number of amides is 3. The van der Waals surface area contributed by atoms with Gasteiger partial charge in [-0.05, 0) is 52.0 Å². The fourth-order valence-corrected chi connectivity index (χ4v) is 9.39. The van der Waals surface area contributed by atoms with Gasteiger partial charge in [0, 0.05) is 41.8 Å². The first-order valence-corrected chi connectivity index (χ1v) is 19.5. The van der Waals surface area contributed by atoms with Gasteiger partial charge in [0.25, 0.3) is 15.9 Å². The number of carbonyl (C=O) groups is 3. The van der Waals surface area contributed by atoms with Crippen LogP contribution in [-0.4, -0.2) is 67.4 Å². The van der Waals surface area contributed by atoms with Gasteiger partial charge in [0.05, 0.1) is 28.7 Å². The van der Waals surface area contributed by atoms with Crippen LogP contribution in [0.25, 0.3) is 22.2 Å². The molecule has 4 unspecified atom stereocenters. The van der Waals surface area contributed by atoms with E-state index in [1.165, 1.54) is 17.0 Å². The normalized spacial score (nSPS) is 21.6. The molecule has 4 atom stereocenters. The lowest BCUT2D eigenvalue weighted by Crippen LogP contribution is -2.56. The number of ether oxygens (including phenoxy) is 2. The van der Waals surface area contributed by atoms with E-state index < -0.39 is 45.4 Å². The molecule has 2 aromatic heterocycles. The van der Waals surface area contributed by atoms with Crippen molar-refractivity contribution in [3.63, 3.8) is 0 Å². The van der Waals surface area contributed by atoms with Crippen LogP contribution in [-0.2, 0) is 24.4 Å². The first kappa shape index (κ1) is 36.5. The fourth-order valence-electron chi connectivity index (χ4n) is 6.34. The van der Waals surface area contributed by atoms with Crippen molar-refractivity contribution in [2.45, 2.75) is 61.9 Å². The van der Waals surface area contributed by atoms with E-state index in [9.17, 15) is 22.8 Å². The lowest BCUT2D eigenvalue weighted by Gasteiger charge is -2.28. The highest BCUT2D eigenvalue weighted by atomic mass is 79.9. The Morgan fingerprint density at radius 2 is 1.86 bits per heavy atom. The number of aromatic nitrogens is 1. The lowest BCUT2D eigenvalue weighted by atomic mass is 9.91. The van der Waals surface area contributed by atoms with Crippen LogP contribution in [0.3, 0.4) is 0 Å². The van der Waals surface area contributed by atoms with Crippen LogP contribution in [0.4, 0.5) is 0 Å². The molecule has 2 aliphatic rings. The Hall–Kier alpha value is -4.27. The summed E-state index contributed by atoms with van der Waals surface area (Å²) < 4.78 is 40.8. The Balaban J connectivity index is 1.29. The number of nitrogens with zero attached hydrogens (tertiary/aromatic N) is 2. The van der Waals surface area contributed by atoms with Gasteiger partial charge in [0.2, 0.25) is 11.8 Å². The van der Waals surface area contributed by atoms with Gasteiger partial charge in [-0.3, -0.25) is 14.4 Å². The van der Waals surface area contributed by atoms with Gasteiger partial charge in [-0.15, -0.1) is 17.9 Å². The number of hydrogen-bond acceptors (Lipinski definition) is 9. The number of nitrogens with one attached hydrogen (secondary N) is 2. The molecule has 2 N–H and O–H groups in total. The van der Waals surface area contributed by atoms with E-state index >= 15 is 0 Å². The highest BCUT2D eigenvalue weighted by molar-refractivity contribution is 9.11. The summed E-state index contributed by atoms with van der Waals surface area (Å²) in [7, 11) is -2.61. The molecule has 3 amide bonds. The molecule has 0 bridgehead atoms. The van der Waals surface area contributed by atoms with Gasteiger partial charge in [-0.1, -0.05) is 57.2 Å². The summed E-state index contributed by atoms with van der Waals surface area (Å²) in [5, 5.41) is 3.56. The molecule has 1 saturated carbocycles. The van der Waals surface area contributed by atoms with E-state index in [4.69, 9.17) is 14.5 Å². The number of methoxy groups -OCH3 is 1. The Labute approximate surface area is 309 Å². The van der Waals surface area contributed by atoms with E-state index in [1.807, 2.05) is 75.4 Å². The molecule has 51 heavy (non-hydrogen) atoms. The smallest absolute Gasteiger partial charge is 0.273 e. The number of thiophene rings is 1. The predicted molar refractivity (Wildman–Crippen MR) is 199 cm³/mol. The number of likely N-dealkylation sites (tertiary alicyclic amines) is 1. The maximum absolute atomic E-state index is 14.2. The molecule has 3 heterocycles. The SMILES string of the molecule is C=CC1CC1(NC(=O)C1CC(Oc2cc(-c3ccccc3)nc3cc(OC)ccc23)CN1C(=O)CC(C)(C)C)C(=O)NS(=O)(=O)c1ccc(Br)s1. The Morgan fingerprint density at radius 3 is 2.49 bits per heavy atom. The van der Waals surface area contributed by atoms with Crippen molar-refractivity contribution in [3.8, 4) is 22.8 Å². The molecule has 11 nitrogen and oxygen atoms in total. The van der Waals surface area contributed by atoms with Crippen molar-refractivity contribution in [1.29, 1.82) is 0 Å². The molecule has 268 valence electrons. The number of benzene rings is 2. The first-order chi connectivity index (χ1) is 24.1. The standard InChI is InChI=1S/C37H39BrN4O7S2/c1-6-23-19-37(23,35(45)41-51(46,47)33-15-14-31(38)50-33)40-34(44)29-17-25(21-42(29)32(43)20-36(2,3)4)49-30-18-27(22-10-8-7-9-11-22)39-28-16-24(48-5)12-13-26(28)30/h6-16,18,23,25,29H,1,17,19-21H2,2-5H3,(H,40,44)(H,41,45). The summed E-state index contributed by atoms with van der Waals surface area (Å²) in [6.07, 6.45) is 1.41. The number of carbonyl (C=O) groups excluding carboxylic acids is 3. The molecule has 14 heteroatoms. The zero-order chi connectivity index (χ0) is 36.7. The van der Waals surface area contributed by atoms with Gasteiger partial charge in [-0.25, -0.2) is 18.1 Å². The summed E-state index contributed by atoms with van der Waals surface area (Å²) in [6, 6.07) is 19.0. The monoisotopic (exact) mass is 794 g/mol. The van der Waals surface area contributed by atoms with Crippen LogP contribution in [0.15, 0.2) is 87.4 Å². The second-order valence-corrected chi connectivity index (χ2v) is 18.4. The van der Waals surface area contributed by atoms with Crippen molar-refractivity contribution in [1.82, 2.24) is 19.9 Å². The molecular formula is C37H39BrN4O7S2. The quantitative estimate of drug-likeness (QED) is 0.174. The third-order valence-corrected chi connectivity index (χ3v) is 12.4. The van der Waals surface area contributed by atoms with Gasteiger partial charge in [0.15, 0.2) is 0 Å². The minimum Gasteiger partial charge on any atom is -0.497 e. The molecule has 4 aromatic rings. The molecule has 0 radical (unpaired) electrons. The average Bonchev–Trinajstić information content (AvgIpc) is 3.36. The molecule has 6 rings (SSSR count). The summed E-state index contributed by atoms with van der Waals surface area (Å²) in [4.78, 5) is 47.9. The van der Waals surface area contributed by atoms with E-state index in [-0.39, 0.29) is 41.3 Å². The van der Waals surface area contributed by atoms with E-state index in [1.54, 1.807) is 13.2 Å². The van der Waals surface area contributed by atoms with Crippen LogP contribution in [0.2, 0.25) is 0 Å². The largest absolute Gasteiger partial charge is 0.497 e. The summed E-state index contributed by atoms with van der Waals surface area (Å²) in [5.41, 5.74) is 0.319. The van der Waals surface area contributed by atoms with Gasteiger partial charge in [-0.2, -0.15) is 0 Å². The molecule has 1 saturated heterocycles. The fraction of sp³-hybridized carbons (Fsp3) is 0.351. The maximum Gasteiger partial charge on any atom is 0.273 e. The van der Waals surface area contributed by atoms with Crippen molar-refractivity contribution in [2.75, 3.05) is 13.7 Å². The number of pyridine rings is 1. The number of hydrogen-bond donors (Lipinski definition) is 2. The van der Waals surface area contributed by atoms with Gasteiger partial charge >= 0.3 is 0 Å².